The quantitative estimate of drug-likeness (QED) is 0.147. The second-order valence-corrected chi connectivity index (χ2v) is 9.79. The number of carbonyl (C=O) groups is 1. The maximum absolute atomic E-state index is 11.7. The normalized spacial score (nSPS) is 43.9. The Balaban J connectivity index is 2.76. The van der Waals surface area contributed by atoms with Crippen LogP contribution in [-0.2, 0) is 34.9 Å². The van der Waals surface area contributed by atoms with Crippen molar-refractivity contribution >= 4 is 26.6 Å². The van der Waals surface area contributed by atoms with Gasteiger partial charge < -0.3 is 50.3 Å². The van der Waals surface area contributed by atoms with Gasteiger partial charge in [-0.2, -0.15) is 16.8 Å². The molecular weight excluding hydrogens is 494 g/mol. The number of aliphatic hydroxyl groups excluding tert-OH is 6. The number of carboxylic acids is 1. The van der Waals surface area contributed by atoms with E-state index in [1.165, 1.54) is 0 Å². The van der Waals surface area contributed by atoms with E-state index >= 15 is 0 Å². The lowest BCUT2D eigenvalue weighted by Crippen LogP contribution is -2.78. The zero-order valence-corrected chi connectivity index (χ0v) is 17.1. The fourth-order valence-corrected chi connectivity index (χ4v) is 5.60. The first kappa shape index (κ1) is 27.1. The Labute approximate surface area is 179 Å². The summed E-state index contributed by atoms with van der Waals surface area (Å²) in [6, 6.07) is -3.19. The van der Waals surface area contributed by atoms with E-state index in [1.807, 2.05) is 0 Å². The van der Waals surface area contributed by atoms with Crippen molar-refractivity contribution in [1.82, 2.24) is 3.71 Å². The van der Waals surface area contributed by atoms with Crippen LogP contribution in [0.4, 0.5) is 0 Å². The minimum atomic E-state index is -6.13. The van der Waals surface area contributed by atoms with Crippen molar-refractivity contribution in [2.45, 2.75) is 60.7 Å². The third-order valence-electron chi connectivity index (χ3n) is 4.94. The highest BCUT2D eigenvalue weighted by atomic mass is 32.3. The Kier molecular flexibility index (Phi) is 7.56. The molecule has 32 heavy (non-hydrogen) atoms. The first-order valence-electron chi connectivity index (χ1n) is 8.43. The number of aliphatic carboxylic acids is 1. The highest BCUT2D eigenvalue weighted by Gasteiger charge is 2.68. The largest absolute Gasteiger partial charge is 0.479 e. The van der Waals surface area contributed by atoms with E-state index in [0.29, 0.717) is 0 Å². The Morgan fingerprint density at radius 1 is 0.875 bits per heavy atom. The third-order valence-corrected chi connectivity index (χ3v) is 7.44. The minimum Gasteiger partial charge on any atom is -0.479 e. The lowest BCUT2D eigenvalue weighted by Gasteiger charge is -2.54. The first-order chi connectivity index (χ1) is 14.4. The molecule has 2 fully saturated rings. The standard InChI is InChI=1S/C12H21NO17S2/c14-1-2-3(15)6(18)9(13(31(23,24)25)32(26,27)28)12(22,30-2)10-7(19)4(16)5(17)8(29-10)11(20)21/h2-10,14-19,22H,1H2,(H,20,21)(H,23,24,25)(H,26,27,28)/t2-,3-,4+,5+,6+,7-,8+,9-,10?,12?/m1/s1. The lowest BCUT2D eigenvalue weighted by molar-refractivity contribution is -0.386. The van der Waals surface area contributed by atoms with Crippen molar-refractivity contribution < 1.29 is 81.1 Å². The number of rotatable bonds is 6. The summed E-state index contributed by atoms with van der Waals surface area (Å²) in [5.41, 5.74) is 0. The summed E-state index contributed by atoms with van der Waals surface area (Å²) in [6.07, 6.45) is -19.8. The monoisotopic (exact) mass is 515 g/mol. The van der Waals surface area contributed by atoms with Crippen LogP contribution in [0.3, 0.4) is 0 Å². The Hall–Kier alpha value is -1.11. The van der Waals surface area contributed by atoms with Gasteiger partial charge in [-0.1, -0.05) is 0 Å². The number of carboxylic acid groups (broad SMARTS) is 1. The Morgan fingerprint density at radius 3 is 1.78 bits per heavy atom. The molecule has 20 heteroatoms. The summed E-state index contributed by atoms with van der Waals surface area (Å²) in [7, 11) is -12.3. The maximum Gasteiger partial charge on any atom is 0.351 e. The van der Waals surface area contributed by atoms with E-state index < -0.39 is 97.6 Å². The molecular formula is C12H21NO17S2. The molecule has 0 amide bonds. The maximum atomic E-state index is 11.7. The van der Waals surface area contributed by atoms with Crippen LogP contribution >= 0.6 is 0 Å². The fourth-order valence-electron chi connectivity index (χ4n) is 3.52. The van der Waals surface area contributed by atoms with E-state index in [4.69, 9.17) is 14.6 Å². The predicted molar refractivity (Wildman–Crippen MR) is 92.0 cm³/mol. The van der Waals surface area contributed by atoms with Crippen molar-refractivity contribution in [1.29, 1.82) is 0 Å². The van der Waals surface area contributed by atoms with Crippen LogP contribution in [0.5, 0.6) is 0 Å². The molecule has 0 aliphatic carbocycles. The van der Waals surface area contributed by atoms with E-state index in [1.54, 1.807) is 0 Å². The average Bonchev–Trinajstić information content (AvgIpc) is 2.63. The van der Waals surface area contributed by atoms with Gasteiger partial charge in [0.1, 0.15) is 48.8 Å². The molecule has 188 valence electrons. The second kappa shape index (κ2) is 8.92. The van der Waals surface area contributed by atoms with Crippen molar-refractivity contribution in [3.63, 3.8) is 0 Å². The summed E-state index contributed by atoms with van der Waals surface area (Å²) in [6.45, 7) is -1.25. The molecule has 0 spiro atoms. The van der Waals surface area contributed by atoms with Gasteiger partial charge in [-0.15, -0.1) is 0 Å². The van der Waals surface area contributed by atoms with Gasteiger partial charge in [0.25, 0.3) is 0 Å². The smallest absolute Gasteiger partial charge is 0.351 e. The van der Waals surface area contributed by atoms with E-state index in [2.05, 4.69) is 0 Å². The minimum absolute atomic E-state index is 1.25. The van der Waals surface area contributed by atoms with Crippen molar-refractivity contribution in [2.24, 2.45) is 0 Å². The summed E-state index contributed by atoms with van der Waals surface area (Å²) in [4.78, 5) is 11.3. The number of hydrogen-bond acceptors (Lipinski definition) is 14. The van der Waals surface area contributed by atoms with E-state index in [9.17, 15) is 66.5 Å². The molecule has 0 saturated carbocycles. The highest BCUT2D eigenvalue weighted by molar-refractivity contribution is 7.98. The molecule has 2 heterocycles. The molecule has 18 nitrogen and oxygen atoms in total. The molecule has 0 radical (unpaired) electrons. The molecule has 2 unspecified atom stereocenters. The molecule has 10 atom stereocenters. The fraction of sp³-hybridized carbons (Fsp3) is 0.917. The van der Waals surface area contributed by atoms with Crippen LogP contribution in [-0.4, -0.2) is 144 Å². The number of aliphatic hydroxyl groups is 7. The van der Waals surface area contributed by atoms with Crippen molar-refractivity contribution in [2.75, 3.05) is 6.61 Å². The average molecular weight is 515 g/mol. The summed E-state index contributed by atoms with van der Waals surface area (Å²) in [5, 5.41) is 79.7. The second-order valence-electron chi connectivity index (χ2n) is 6.99. The third kappa shape index (κ3) is 4.60. The van der Waals surface area contributed by atoms with Crippen LogP contribution in [0.15, 0.2) is 0 Å². The lowest BCUT2D eigenvalue weighted by atomic mass is 9.82. The van der Waals surface area contributed by atoms with Crippen LogP contribution in [0.25, 0.3) is 0 Å². The topological polar surface area (TPSA) is 309 Å². The van der Waals surface area contributed by atoms with Crippen LogP contribution < -0.4 is 0 Å². The first-order valence-corrected chi connectivity index (χ1v) is 11.2. The summed E-state index contributed by atoms with van der Waals surface area (Å²) >= 11 is 0. The molecule has 0 bridgehead atoms. The SMILES string of the molecule is O=C(O)[C@H]1OC(C2(O)O[C@H](CO)[C@@H](O)[C@H](O)[C@H]2N(S(=O)(=O)O)S(=O)(=O)O)[C@H](O)[C@@H](O)[C@@H]1O. The summed E-state index contributed by atoms with van der Waals surface area (Å²) in [5.74, 6) is -5.79. The van der Waals surface area contributed by atoms with Gasteiger partial charge >= 0.3 is 26.6 Å². The molecule has 0 aromatic heterocycles. The molecule has 0 aromatic rings. The van der Waals surface area contributed by atoms with Gasteiger partial charge in [0.05, 0.1) is 6.61 Å². The molecule has 10 N–H and O–H groups in total. The van der Waals surface area contributed by atoms with E-state index in [-0.39, 0.29) is 0 Å². The van der Waals surface area contributed by atoms with Gasteiger partial charge in [0.15, 0.2) is 6.10 Å². The van der Waals surface area contributed by atoms with Crippen molar-refractivity contribution in [3.8, 4) is 0 Å². The van der Waals surface area contributed by atoms with Crippen LogP contribution in [0, 0.1) is 0 Å². The van der Waals surface area contributed by atoms with Crippen LogP contribution in [0.1, 0.15) is 0 Å². The highest BCUT2D eigenvalue weighted by Crippen LogP contribution is 2.41. The van der Waals surface area contributed by atoms with Gasteiger partial charge in [-0.25, -0.2) is 4.79 Å². The Morgan fingerprint density at radius 2 is 1.38 bits per heavy atom. The number of nitrogens with zero attached hydrogens (tertiary/aromatic N) is 1. The molecule has 2 aliphatic heterocycles. The van der Waals surface area contributed by atoms with Gasteiger partial charge in [-0.3, -0.25) is 9.11 Å². The molecule has 2 rings (SSSR count). The van der Waals surface area contributed by atoms with Crippen LogP contribution in [0.2, 0.25) is 0 Å². The predicted octanol–water partition coefficient (Wildman–Crippen LogP) is -7.00. The van der Waals surface area contributed by atoms with E-state index in [0.717, 1.165) is 0 Å². The number of hydrogen-bond donors (Lipinski definition) is 10. The molecule has 0 aromatic carbocycles. The number of ether oxygens (including phenoxy) is 2. The van der Waals surface area contributed by atoms with Gasteiger partial charge in [0.2, 0.25) is 5.79 Å². The molecule has 2 aliphatic rings. The Bertz CT molecular complexity index is 892. The van der Waals surface area contributed by atoms with Crippen molar-refractivity contribution in [3.05, 3.63) is 0 Å². The van der Waals surface area contributed by atoms with Gasteiger partial charge in [0, 0.05) is 0 Å². The zero-order chi connectivity index (χ0) is 25.0. The molecule has 2 saturated heterocycles. The van der Waals surface area contributed by atoms with Gasteiger partial charge in [-0.05, 0) is 3.71 Å². The summed E-state index contributed by atoms with van der Waals surface area (Å²) < 4.78 is 73.5. The zero-order valence-electron chi connectivity index (χ0n) is 15.5.